The highest BCUT2D eigenvalue weighted by molar-refractivity contribution is 6.30. The molecule has 0 bridgehead atoms. The van der Waals surface area contributed by atoms with Gasteiger partial charge in [-0.3, -0.25) is 0 Å². The van der Waals surface area contributed by atoms with Crippen LogP contribution in [-0.2, 0) is 4.89 Å². The average Bonchev–Trinajstić information content (AvgIpc) is 1.95. The summed E-state index contributed by atoms with van der Waals surface area (Å²) in [5, 5.41) is 0.575. The van der Waals surface area contributed by atoms with Crippen molar-refractivity contribution in [3.05, 3.63) is 23.2 Å². The molecule has 1 aromatic rings. The lowest BCUT2D eigenvalue weighted by molar-refractivity contribution is -0.177. The van der Waals surface area contributed by atoms with Crippen LogP contribution in [0.1, 0.15) is 0 Å². The largest absolute Gasteiger partial charge is 0.396 e. The van der Waals surface area contributed by atoms with E-state index in [1.165, 1.54) is 7.11 Å². The first-order valence-electron chi connectivity index (χ1n) is 2.99. The molecule has 0 amide bonds. The van der Waals surface area contributed by atoms with E-state index < -0.39 is 0 Å². The maximum absolute atomic E-state index is 5.64. The van der Waals surface area contributed by atoms with Crippen molar-refractivity contribution in [3.63, 3.8) is 0 Å². The van der Waals surface area contributed by atoms with E-state index in [0.29, 0.717) is 16.5 Å². The van der Waals surface area contributed by atoms with Gasteiger partial charge in [0.05, 0.1) is 12.8 Å². The SMILES string of the molecule is COOc1ccc(Cl)cc1N. The van der Waals surface area contributed by atoms with Crippen LogP contribution in [0, 0.1) is 0 Å². The molecule has 60 valence electrons. The lowest BCUT2D eigenvalue weighted by Crippen LogP contribution is -1.95. The third-order valence-electron chi connectivity index (χ3n) is 1.14. The summed E-state index contributed by atoms with van der Waals surface area (Å²) >= 11 is 5.64. The van der Waals surface area contributed by atoms with Crippen molar-refractivity contribution in [2.75, 3.05) is 12.8 Å². The van der Waals surface area contributed by atoms with Crippen LogP contribution in [-0.4, -0.2) is 7.11 Å². The summed E-state index contributed by atoms with van der Waals surface area (Å²) in [5.74, 6) is 0.469. The minimum absolute atomic E-state index is 0.458. The van der Waals surface area contributed by atoms with Crippen molar-refractivity contribution in [2.45, 2.75) is 0 Å². The molecular formula is C7H8ClNO2. The first kappa shape index (κ1) is 8.17. The molecule has 1 rings (SSSR count). The number of nitrogen functional groups attached to an aromatic ring is 1. The van der Waals surface area contributed by atoms with E-state index in [9.17, 15) is 0 Å². The van der Waals surface area contributed by atoms with Gasteiger partial charge in [0, 0.05) is 5.02 Å². The van der Waals surface area contributed by atoms with E-state index in [2.05, 4.69) is 4.89 Å². The Hall–Kier alpha value is -0.930. The van der Waals surface area contributed by atoms with E-state index >= 15 is 0 Å². The molecule has 0 aromatic heterocycles. The number of hydrogen-bond acceptors (Lipinski definition) is 3. The van der Waals surface area contributed by atoms with Crippen LogP contribution in [0.2, 0.25) is 5.02 Å². The van der Waals surface area contributed by atoms with Crippen molar-refractivity contribution >= 4 is 17.3 Å². The topological polar surface area (TPSA) is 44.5 Å². The lowest BCUT2D eigenvalue weighted by atomic mass is 10.3. The van der Waals surface area contributed by atoms with Crippen LogP contribution in [0.4, 0.5) is 5.69 Å². The number of nitrogens with two attached hydrogens (primary N) is 1. The van der Waals surface area contributed by atoms with Crippen LogP contribution in [0.15, 0.2) is 18.2 Å². The molecule has 2 N–H and O–H groups in total. The van der Waals surface area contributed by atoms with Crippen molar-refractivity contribution in [1.29, 1.82) is 0 Å². The Labute approximate surface area is 69.6 Å². The number of halogens is 1. The number of hydrogen-bond donors (Lipinski definition) is 1. The van der Waals surface area contributed by atoms with Gasteiger partial charge in [0.2, 0.25) is 0 Å². The van der Waals surface area contributed by atoms with E-state index in [-0.39, 0.29) is 0 Å². The van der Waals surface area contributed by atoms with E-state index in [1.807, 2.05) is 0 Å². The standard InChI is InChI=1S/C7H8ClNO2/c1-10-11-7-3-2-5(8)4-6(7)9/h2-4H,9H2,1H3. The summed E-state index contributed by atoms with van der Waals surface area (Å²) in [6.07, 6.45) is 0. The second-order valence-corrected chi connectivity index (χ2v) is 2.37. The first-order chi connectivity index (χ1) is 5.24. The van der Waals surface area contributed by atoms with Gasteiger partial charge in [-0.25, -0.2) is 0 Å². The summed E-state index contributed by atoms with van der Waals surface area (Å²) in [4.78, 5) is 9.13. The molecule has 0 heterocycles. The van der Waals surface area contributed by atoms with Gasteiger partial charge in [-0.05, 0) is 18.2 Å². The van der Waals surface area contributed by atoms with Gasteiger partial charge < -0.3 is 10.6 Å². The third-order valence-corrected chi connectivity index (χ3v) is 1.38. The quantitative estimate of drug-likeness (QED) is 0.422. The number of benzene rings is 1. The molecule has 11 heavy (non-hydrogen) atoms. The summed E-state index contributed by atoms with van der Waals surface area (Å²) in [7, 11) is 1.41. The zero-order valence-corrected chi connectivity index (χ0v) is 6.76. The molecule has 1 aromatic carbocycles. The molecule has 3 nitrogen and oxygen atoms in total. The average molecular weight is 174 g/mol. The molecular weight excluding hydrogens is 166 g/mol. The molecule has 0 radical (unpaired) electrons. The number of anilines is 1. The molecule has 0 aliphatic heterocycles. The van der Waals surface area contributed by atoms with Gasteiger partial charge in [-0.2, -0.15) is 4.89 Å². The maximum atomic E-state index is 5.64. The highest BCUT2D eigenvalue weighted by atomic mass is 35.5. The Morgan fingerprint density at radius 3 is 2.73 bits per heavy atom. The van der Waals surface area contributed by atoms with E-state index in [1.54, 1.807) is 18.2 Å². The Bertz CT molecular complexity index is 252. The minimum Gasteiger partial charge on any atom is -0.396 e. The fraction of sp³-hybridized carbons (Fsp3) is 0.143. The van der Waals surface area contributed by atoms with Crippen LogP contribution >= 0.6 is 11.6 Å². The van der Waals surface area contributed by atoms with Gasteiger partial charge in [0.15, 0.2) is 5.75 Å². The second kappa shape index (κ2) is 3.46. The van der Waals surface area contributed by atoms with E-state index in [0.717, 1.165) is 0 Å². The van der Waals surface area contributed by atoms with Crippen molar-refractivity contribution in [2.24, 2.45) is 0 Å². The lowest BCUT2D eigenvalue weighted by Gasteiger charge is -2.03. The summed E-state index contributed by atoms with van der Waals surface area (Å²) in [6, 6.07) is 4.91. The minimum atomic E-state index is 0.458. The highest BCUT2D eigenvalue weighted by Gasteiger charge is 1.99. The zero-order chi connectivity index (χ0) is 8.27. The maximum Gasteiger partial charge on any atom is 0.188 e. The second-order valence-electron chi connectivity index (χ2n) is 1.93. The predicted molar refractivity (Wildman–Crippen MR) is 43.5 cm³/mol. The van der Waals surface area contributed by atoms with Gasteiger partial charge in [0.1, 0.15) is 0 Å². The summed E-state index contributed by atoms with van der Waals surface area (Å²) < 4.78 is 0. The van der Waals surface area contributed by atoms with E-state index in [4.69, 9.17) is 22.2 Å². The molecule has 0 fully saturated rings. The Morgan fingerprint density at radius 2 is 2.18 bits per heavy atom. The van der Waals surface area contributed by atoms with Crippen LogP contribution in [0.3, 0.4) is 0 Å². The van der Waals surface area contributed by atoms with Gasteiger partial charge >= 0.3 is 0 Å². The molecule has 0 saturated carbocycles. The van der Waals surface area contributed by atoms with Gasteiger partial charge in [-0.1, -0.05) is 11.6 Å². The van der Waals surface area contributed by atoms with Crippen LogP contribution in [0.25, 0.3) is 0 Å². The van der Waals surface area contributed by atoms with Crippen molar-refractivity contribution < 1.29 is 9.78 Å². The monoisotopic (exact) mass is 173 g/mol. The normalized spacial score (nSPS) is 9.64. The highest BCUT2D eigenvalue weighted by Crippen LogP contribution is 2.24. The van der Waals surface area contributed by atoms with Gasteiger partial charge in [0.25, 0.3) is 0 Å². The molecule has 0 spiro atoms. The molecule has 0 unspecified atom stereocenters. The van der Waals surface area contributed by atoms with Crippen molar-refractivity contribution in [3.8, 4) is 5.75 Å². The fourth-order valence-corrected chi connectivity index (χ4v) is 0.866. The Balaban J connectivity index is 2.90. The molecule has 4 heteroatoms. The molecule has 0 atom stereocenters. The first-order valence-corrected chi connectivity index (χ1v) is 3.37. The van der Waals surface area contributed by atoms with Crippen LogP contribution in [0.5, 0.6) is 5.75 Å². The smallest absolute Gasteiger partial charge is 0.188 e. The Morgan fingerprint density at radius 1 is 1.45 bits per heavy atom. The van der Waals surface area contributed by atoms with Crippen LogP contribution < -0.4 is 10.6 Å². The number of rotatable bonds is 2. The molecule has 0 aliphatic rings. The van der Waals surface area contributed by atoms with Gasteiger partial charge in [-0.15, -0.1) is 0 Å². The molecule has 0 saturated heterocycles. The third kappa shape index (κ3) is 2.00. The zero-order valence-electron chi connectivity index (χ0n) is 6.00. The summed E-state index contributed by atoms with van der Waals surface area (Å²) in [5.41, 5.74) is 5.98. The van der Waals surface area contributed by atoms with Crippen molar-refractivity contribution in [1.82, 2.24) is 0 Å². The summed E-state index contributed by atoms with van der Waals surface area (Å²) in [6.45, 7) is 0. The Kier molecular flexibility index (Phi) is 2.57. The molecule has 0 aliphatic carbocycles. The predicted octanol–water partition coefficient (Wildman–Crippen LogP) is 1.86. The fourth-order valence-electron chi connectivity index (χ4n) is 0.685.